The number of aromatic nitrogens is 1. The molecule has 0 aliphatic heterocycles. The number of hydrogen-bond acceptors (Lipinski definition) is 9. The molecule has 1 heterocycles. The quantitative estimate of drug-likeness (QED) is 0.405. The number of rotatable bonds is 3. The minimum absolute atomic E-state index is 0.00945. The minimum atomic E-state index is -2.56. The van der Waals surface area contributed by atoms with Gasteiger partial charge in [0.15, 0.2) is 11.4 Å². The summed E-state index contributed by atoms with van der Waals surface area (Å²) in [6, 6.07) is 3.08. The van der Waals surface area contributed by atoms with Gasteiger partial charge in [-0.25, -0.2) is 4.98 Å². The lowest BCUT2D eigenvalue weighted by Gasteiger charge is -2.45. The Labute approximate surface area is 203 Å². The fourth-order valence-corrected chi connectivity index (χ4v) is 6.13. The fraction of sp³-hybridized carbons (Fsp3) is 0.280. The number of aryl methyl sites for hydroxylation is 1. The maximum atomic E-state index is 13.5. The van der Waals surface area contributed by atoms with Gasteiger partial charge in [0.1, 0.15) is 22.8 Å². The molecule has 1 aromatic heterocycles. The van der Waals surface area contributed by atoms with Crippen LogP contribution in [0.3, 0.4) is 0 Å². The number of aliphatic hydroxyl groups excluding tert-OH is 2. The van der Waals surface area contributed by atoms with Crippen LogP contribution in [0.5, 0.6) is 5.75 Å². The van der Waals surface area contributed by atoms with E-state index in [1.165, 1.54) is 17.4 Å². The number of carbonyl (C=O) groups excluding carboxylic acids is 3. The van der Waals surface area contributed by atoms with Crippen molar-refractivity contribution in [2.75, 3.05) is 0 Å². The average molecular weight is 495 g/mol. The second kappa shape index (κ2) is 7.89. The van der Waals surface area contributed by atoms with Crippen LogP contribution in [-0.4, -0.2) is 48.5 Å². The number of carbonyl (C=O) groups is 3. The lowest BCUT2D eigenvalue weighted by molar-refractivity contribution is -0.144. The summed E-state index contributed by atoms with van der Waals surface area (Å²) in [5.74, 6) is -6.38. The molecule has 9 nitrogen and oxygen atoms in total. The zero-order valence-electron chi connectivity index (χ0n) is 18.6. The van der Waals surface area contributed by atoms with Crippen molar-refractivity contribution in [3.8, 4) is 5.75 Å². The van der Waals surface area contributed by atoms with Crippen LogP contribution >= 0.6 is 11.3 Å². The van der Waals surface area contributed by atoms with Gasteiger partial charge in [-0.1, -0.05) is 12.1 Å². The van der Waals surface area contributed by atoms with Gasteiger partial charge < -0.3 is 26.2 Å². The highest BCUT2D eigenvalue weighted by Gasteiger charge is 2.59. The highest BCUT2D eigenvalue weighted by molar-refractivity contribution is 7.10. The summed E-state index contributed by atoms with van der Waals surface area (Å²) < 4.78 is 0. The van der Waals surface area contributed by atoms with Crippen LogP contribution in [0, 0.1) is 18.8 Å². The number of amides is 1. The number of nitrogens with two attached hydrogens (primary N) is 1. The Balaban J connectivity index is 1.63. The lowest BCUT2D eigenvalue weighted by Crippen LogP contribution is -2.57. The van der Waals surface area contributed by atoms with Gasteiger partial charge in [0, 0.05) is 22.8 Å². The molecule has 0 saturated heterocycles. The Kier molecular flexibility index (Phi) is 5.19. The number of phenolic OH excluding ortho intramolecular Hbond substituents is 1. The number of thiazole rings is 1. The van der Waals surface area contributed by atoms with Gasteiger partial charge >= 0.3 is 0 Å². The molecule has 1 amide bonds. The predicted octanol–water partition coefficient (Wildman–Crippen LogP) is 2.52. The highest BCUT2D eigenvalue weighted by atomic mass is 32.1. The van der Waals surface area contributed by atoms with E-state index in [2.05, 4.69) is 4.98 Å². The van der Waals surface area contributed by atoms with Crippen LogP contribution in [0.25, 0.3) is 12.2 Å². The fourth-order valence-electron chi connectivity index (χ4n) is 5.44. The SMILES string of the molecule is Cc1ncsc1/C=C/c1ccc(O)c2c1C[C@H]1C[C@H]3CC(O)=C(C(N)=O)C(=O)[C@@]3(O)C(O)=C1C2=O. The number of Topliss-reactive ketones (excluding diaryl/α,β-unsaturated/α-hetero) is 2. The van der Waals surface area contributed by atoms with Crippen molar-refractivity contribution < 1.29 is 34.8 Å². The van der Waals surface area contributed by atoms with Gasteiger partial charge in [-0.15, -0.1) is 11.3 Å². The molecule has 10 heteroatoms. The molecule has 0 unspecified atom stereocenters. The molecule has 0 fully saturated rings. The summed E-state index contributed by atoms with van der Waals surface area (Å²) >= 11 is 1.47. The molecule has 2 aromatic rings. The summed E-state index contributed by atoms with van der Waals surface area (Å²) in [4.78, 5) is 43.4. The van der Waals surface area contributed by atoms with Gasteiger partial charge in [0.2, 0.25) is 5.78 Å². The van der Waals surface area contributed by atoms with Crippen molar-refractivity contribution >= 4 is 41.0 Å². The number of aliphatic hydroxyl groups is 3. The monoisotopic (exact) mass is 494 g/mol. The molecule has 180 valence electrons. The number of nitrogens with zero attached hydrogens (tertiary/aromatic N) is 1. The third-order valence-electron chi connectivity index (χ3n) is 7.18. The first-order valence-corrected chi connectivity index (χ1v) is 11.8. The molecular formula is C25H22N2O7S. The number of ketones is 2. The summed E-state index contributed by atoms with van der Waals surface area (Å²) in [7, 11) is 0. The van der Waals surface area contributed by atoms with Gasteiger partial charge in [-0.05, 0) is 49.0 Å². The van der Waals surface area contributed by atoms with E-state index >= 15 is 0 Å². The van der Waals surface area contributed by atoms with E-state index in [4.69, 9.17) is 5.73 Å². The Morgan fingerprint density at radius 1 is 1.20 bits per heavy atom. The normalized spacial score (nSPS) is 26.1. The number of hydrogen-bond donors (Lipinski definition) is 5. The average Bonchev–Trinajstić information content (AvgIpc) is 3.20. The molecule has 0 radical (unpaired) electrons. The van der Waals surface area contributed by atoms with E-state index in [-0.39, 0.29) is 36.1 Å². The zero-order valence-corrected chi connectivity index (χ0v) is 19.4. The molecule has 0 spiro atoms. The van der Waals surface area contributed by atoms with E-state index < -0.39 is 52.0 Å². The first-order valence-electron chi connectivity index (χ1n) is 11.0. The molecule has 3 atom stereocenters. The first kappa shape index (κ1) is 23.0. The number of benzene rings is 1. The predicted molar refractivity (Wildman–Crippen MR) is 127 cm³/mol. The largest absolute Gasteiger partial charge is 0.511 e. The van der Waals surface area contributed by atoms with E-state index in [1.54, 1.807) is 11.6 Å². The molecule has 6 N–H and O–H groups in total. The molecular weight excluding hydrogens is 472 g/mol. The Bertz CT molecular complexity index is 1420. The highest BCUT2D eigenvalue weighted by Crippen LogP contribution is 2.51. The van der Waals surface area contributed by atoms with Crippen molar-refractivity contribution in [1.82, 2.24) is 4.98 Å². The second-order valence-electron chi connectivity index (χ2n) is 9.07. The standard InChI is InChI=1S/C25H22N2O7S/c1-10-17(35-9-27-10)5-3-11-2-4-15(28)19-14(11)7-12-6-13-8-16(29)20(24(26)33)23(32)25(13,34)22(31)18(12)21(19)30/h2-5,9,12-13,28-29,31,34H,6-8H2,1H3,(H2,26,33)/b5-3+/t12-,13+,25+/m1/s1. The van der Waals surface area contributed by atoms with Gasteiger partial charge in [0.05, 0.1) is 16.8 Å². The van der Waals surface area contributed by atoms with Crippen molar-refractivity contribution in [3.63, 3.8) is 0 Å². The molecule has 35 heavy (non-hydrogen) atoms. The Morgan fingerprint density at radius 2 is 1.94 bits per heavy atom. The van der Waals surface area contributed by atoms with Crippen molar-refractivity contribution in [1.29, 1.82) is 0 Å². The summed E-state index contributed by atoms with van der Waals surface area (Å²) in [6.45, 7) is 1.88. The smallest absolute Gasteiger partial charge is 0.255 e. The van der Waals surface area contributed by atoms with Gasteiger partial charge in [0.25, 0.3) is 5.91 Å². The van der Waals surface area contributed by atoms with Crippen molar-refractivity contribution in [3.05, 3.63) is 67.6 Å². The summed E-state index contributed by atoms with van der Waals surface area (Å²) in [5.41, 5.74) is 5.56. The van der Waals surface area contributed by atoms with Crippen LogP contribution in [0.4, 0.5) is 0 Å². The zero-order chi connectivity index (χ0) is 25.2. The van der Waals surface area contributed by atoms with Crippen LogP contribution < -0.4 is 5.73 Å². The van der Waals surface area contributed by atoms with Crippen LogP contribution in [0.1, 0.15) is 44.9 Å². The molecule has 0 bridgehead atoms. The van der Waals surface area contributed by atoms with Gasteiger partial charge in [-0.2, -0.15) is 0 Å². The van der Waals surface area contributed by atoms with Crippen LogP contribution in [0.2, 0.25) is 0 Å². The minimum Gasteiger partial charge on any atom is -0.511 e. The van der Waals surface area contributed by atoms with Crippen LogP contribution in [-0.2, 0) is 16.0 Å². The third-order valence-corrected chi connectivity index (χ3v) is 8.07. The lowest BCUT2D eigenvalue weighted by atomic mass is 9.60. The molecule has 0 saturated carbocycles. The number of fused-ring (bicyclic) bond motifs is 3. The molecule has 5 rings (SSSR count). The maximum Gasteiger partial charge on any atom is 0.255 e. The van der Waals surface area contributed by atoms with E-state index in [9.17, 15) is 34.8 Å². The summed E-state index contributed by atoms with van der Waals surface area (Å²) in [6.07, 6.45) is 3.80. The van der Waals surface area contributed by atoms with Crippen molar-refractivity contribution in [2.24, 2.45) is 17.6 Å². The summed E-state index contributed by atoms with van der Waals surface area (Å²) in [5, 5.41) is 43.1. The number of primary amides is 1. The van der Waals surface area contributed by atoms with Crippen LogP contribution in [0.15, 0.2) is 40.3 Å². The molecule has 3 aliphatic carbocycles. The third kappa shape index (κ3) is 3.24. The molecule has 3 aliphatic rings. The van der Waals surface area contributed by atoms with Gasteiger partial charge in [-0.3, -0.25) is 14.4 Å². The van der Waals surface area contributed by atoms with E-state index in [1.807, 2.05) is 19.1 Å². The van der Waals surface area contributed by atoms with Crippen molar-refractivity contribution in [2.45, 2.75) is 31.8 Å². The number of aromatic hydroxyl groups is 1. The Morgan fingerprint density at radius 3 is 2.60 bits per heavy atom. The number of phenols is 1. The molecule has 1 aromatic carbocycles. The second-order valence-corrected chi connectivity index (χ2v) is 9.96. The Hall–Kier alpha value is -3.76. The topological polar surface area (TPSA) is 171 Å². The number of allylic oxidation sites excluding steroid dienone is 2. The van der Waals surface area contributed by atoms with E-state index in [0.717, 1.165) is 10.6 Å². The van der Waals surface area contributed by atoms with E-state index in [0.29, 0.717) is 11.1 Å². The first-order chi connectivity index (χ1) is 16.6. The maximum absolute atomic E-state index is 13.5.